The number of carbonyl (C=O) groups excluding carboxylic acids is 2. The van der Waals surface area contributed by atoms with Crippen LogP contribution in [-0.4, -0.2) is 30.7 Å². The highest BCUT2D eigenvalue weighted by Crippen LogP contribution is 2.43. The predicted octanol–water partition coefficient (Wildman–Crippen LogP) is 3.49. The average Bonchev–Trinajstić information content (AvgIpc) is 3.04. The van der Waals surface area contributed by atoms with Gasteiger partial charge in [-0.15, -0.1) is 0 Å². The zero-order valence-electron chi connectivity index (χ0n) is 14.4. The maximum absolute atomic E-state index is 13.0. The first-order chi connectivity index (χ1) is 13.0. The average molecular weight is 430 g/mol. The summed E-state index contributed by atoms with van der Waals surface area (Å²) in [6.07, 6.45) is 0.123. The Bertz CT molecular complexity index is 967. The van der Waals surface area contributed by atoms with Gasteiger partial charge in [-0.1, -0.05) is 22.0 Å². The van der Waals surface area contributed by atoms with Gasteiger partial charge in [-0.05, 0) is 42.0 Å². The highest BCUT2D eigenvalue weighted by molar-refractivity contribution is 9.10. The number of hydrogen-bond donors (Lipinski definition) is 1. The number of cyclic esters (lactones) is 1. The molecule has 4 rings (SSSR count). The van der Waals surface area contributed by atoms with Crippen molar-refractivity contribution in [3.63, 3.8) is 0 Å². The van der Waals surface area contributed by atoms with E-state index in [1.807, 2.05) is 24.3 Å². The molecular formula is C20H16BrNO5. The third kappa shape index (κ3) is 2.98. The summed E-state index contributed by atoms with van der Waals surface area (Å²) in [4.78, 5) is 27.0. The Morgan fingerprint density at radius 3 is 2.63 bits per heavy atom. The third-order valence-corrected chi connectivity index (χ3v) is 5.34. The van der Waals surface area contributed by atoms with Gasteiger partial charge < -0.3 is 14.6 Å². The molecule has 1 unspecified atom stereocenters. The number of hydrogen-bond acceptors (Lipinski definition) is 5. The van der Waals surface area contributed by atoms with Gasteiger partial charge in [0.2, 0.25) is 5.91 Å². The molecule has 2 aliphatic heterocycles. The summed E-state index contributed by atoms with van der Waals surface area (Å²) in [6, 6.07) is 12.2. The largest absolute Gasteiger partial charge is 0.504 e. The maximum Gasteiger partial charge on any atom is 0.336 e. The van der Waals surface area contributed by atoms with E-state index in [-0.39, 0.29) is 24.7 Å². The van der Waals surface area contributed by atoms with Crippen molar-refractivity contribution in [2.45, 2.75) is 12.3 Å². The fourth-order valence-electron chi connectivity index (χ4n) is 3.54. The van der Waals surface area contributed by atoms with Gasteiger partial charge in [0.25, 0.3) is 0 Å². The van der Waals surface area contributed by atoms with Gasteiger partial charge in [0.05, 0.1) is 18.4 Å². The second kappa shape index (κ2) is 6.74. The molecule has 1 amide bonds. The molecule has 1 N–H and O–H groups in total. The molecule has 1 atom stereocenters. The quantitative estimate of drug-likeness (QED) is 0.755. The van der Waals surface area contributed by atoms with Crippen LogP contribution in [0.25, 0.3) is 0 Å². The number of rotatable bonds is 3. The first-order valence-corrected chi connectivity index (χ1v) is 9.14. The number of phenols is 1. The van der Waals surface area contributed by atoms with Gasteiger partial charge in [0.1, 0.15) is 6.61 Å². The number of phenolic OH excluding ortho intramolecular Hbond substituents is 1. The molecule has 0 saturated heterocycles. The fraction of sp³-hybridized carbons (Fsp3) is 0.200. The molecule has 2 heterocycles. The van der Waals surface area contributed by atoms with E-state index < -0.39 is 11.9 Å². The SMILES string of the molecule is COc1cc(C2CC(=O)N(c3ccc(Br)cc3)C3=C2C(=O)OC3)ccc1O. The maximum atomic E-state index is 13.0. The number of amides is 1. The lowest BCUT2D eigenvalue weighted by Crippen LogP contribution is -2.37. The van der Waals surface area contributed by atoms with E-state index in [1.165, 1.54) is 13.2 Å². The topological polar surface area (TPSA) is 76.1 Å². The van der Waals surface area contributed by atoms with Crippen LogP contribution in [0.3, 0.4) is 0 Å². The van der Waals surface area contributed by atoms with Crippen molar-refractivity contribution in [2.75, 3.05) is 18.6 Å². The summed E-state index contributed by atoms with van der Waals surface area (Å²) in [7, 11) is 1.45. The number of anilines is 1. The number of carbonyl (C=O) groups is 2. The first kappa shape index (κ1) is 17.6. The number of halogens is 1. The van der Waals surface area contributed by atoms with Crippen LogP contribution in [-0.2, 0) is 14.3 Å². The Morgan fingerprint density at radius 1 is 1.19 bits per heavy atom. The van der Waals surface area contributed by atoms with Gasteiger partial charge in [0, 0.05) is 22.5 Å². The molecule has 2 aromatic rings. The minimum absolute atomic E-state index is 0.00285. The number of ether oxygens (including phenoxy) is 2. The van der Waals surface area contributed by atoms with E-state index in [0.29, 0.717) is 22.7 Å². The number of methoxy groups -OCH3 is 1. The highest BCUT2D eigenvalue weighted by atomic mass is 79.9. The van der Waals surface area contributed by atoms with E-state index in [9.17, 15) is 14.7 Å². The summed E-state index contributed by atoms with van der Waals surface area (Å²) in [5, 5.41) is 9.83. The molecular weight excluding hydrogens is 414 g/mol. The van der Waals surface area contributed by atoms with Crippen LogP contribution in [0, 0.1) is 0 Å². The van der Waals surface area contributed by atoms with Crippen LogP contribution < -0.4 is 9.64 Å². The van der Waals surface area contributed by atoms with Crippen molar-refractivity contribution in [3.8, 4) is 11.5 Å². The summed E-state index contributed by atoms with van der Waals surface area (Å²) in [6.45, 7) is 0.0572. The molecule has 2 aliphatic rings. The molecule has 138 valence electrons. The van der Waals surface area contributed by atoms with Gasteiger partial charge in [-0.25, -0.2) is 4.79 Å². The summed E-state index contributed by atoms with van der Waals surface area (Å²) >= 11 is 3.38. The van der Waals surface area contributed by atoms with E-state index in [0.717, 1.165) is 10.0 Å². The van der Waals surface area contributed by atoms with Crippen molar-refractivity contribution < 1.29 is 24.2 Å². The number of benzene rings is 2. The minimum atomic E-state index is -0.441. The monoisotopic (exact) mass is 429 g/mol. The lowest BCUT2D eigenvalue weighted by molar-refractivity contribution is -0.136. The zero-order valence-corrected chi connectivity index (χ0v) is 16.0. The number of esters is 1. The van der Waals surface area contributed by atoms with Gasteiger partial charge >= 0.3 is 5.97 Å². The second-order valence-corrected chi connectivity index (χ2v) is 7.25. The predicted molar refractivity (Wildman–Crippen MR) is 102 cm³/mol. The van der Waals surface area contributed by atoms with Gasteiger partial charge in [-0.3, -0.25) is 9.69 Å². The van der Waals surface area contributed by atoms with Gasteiger partial charge in [0.15, 0.2) is 11.5 Å². The smallest absolute Gasteiger partial charge is 0.336 e. The van der Waals surface area contributed by atoms with E-state index in [1.54, 1.807) is 17.0 Å². The Hall–Kier alpha value is -2.80. The van der Waals surface area contributed by atoms with Crippen molar-refractivity contribution >= 4 is 33.5 Å². The van der Waals surface area contributed by atoms with E-state index in [4.69, 9.17) is 9.47 Å². The lowest BCUT2D eigenvalue weighted by atomic mass is 9.84. The molecule has 0 bridgehead atoms. The molecule has 27 heavy (non-hydrogen) atoms. The molecule has 0 saturated carbocycles. The van der Waals surface area contributed by atoms with Crippen LogP contribution in [0.5, 0.6) is 11.5 Å². The summed E-state index contributed by atoms with van der Waals surface area (Å²) < 4.78 is 11.3. The van der Waals surface area contributed by atoms with Crippen LogP contribution >= 0.6 is 15.9 Å². The van der Waals surface area contributed by atoms with Crippen molar-refractivity contribution in [1.82, 2.24) is 0 Å². The van der Waals surface area contributed by atoms with Crippen molar-refractivity contribution in [1.29, 1.82) is 0 Å². The van der Waals surface area contributed by atoms with Gasteiger partial charge in [-0.2, -0.15) is 0 Å². The molecule has 0 spiro atoms. The van der Waals surface area contributed by atoms with Crippen LogP contribution in [0.2, 0.25) is 0 Å². The molecule has 0 fully saturated rings. The third-order valence-electron chi connectivity index (χ3n) is 4.81. The molecule has 0 radical (unpaired) electrons. The Kier molecular flexibility index (Phi) is 4.39. The molecule has 7 heteroatoms. The second-order valence-electron chi connectivity index (χ2n) is 6.33. The lowest BCUT2D eigenvalue weighted by Gasteiger charge is -2.32. The normalized spacial score (nSPS) is 19.2. The van der Waals surface area contributed by atoms with Crippen molar-refractivity contribution in [3.05, 3.63) is 63.8 Å². The standard InChI is InChI=1S/C20H16BrNO5/c1-26-17-8-11(2-7-16(17)23)14-9-18(24)22(13-5-3-12(21)4-6-13)15-10-27-20(25)19(14)15/h2-8,14,23H,9-10H2,1H3. The van der Waals surface area contributed by atoms with Crippen LogP contribution in [0.1, 0.15) is 17.9 Å². The Balaban J connectivity index is 1.81. The first-order valence-electron chi connectivity index (χ1n) is 8.35. The van der Waals surface area contributed by atoms with E-state index >= 15 is 0 Å². The Morgan fingerprint density at radius 2 is 1.93 bits per heavy atom. The van der Waals surface area contributed by atoms with E-state index in [2.05, 4.69) is 15.9 Å². The zero-order chi connectivity index (χ0) is 19.1. The molecule has 0 aliphatic carbocycles. The Labute approximate surface area is 164 Å². The number of nitrogens with zero attached hydrogens (tertiary/aromatic N) is 1. The van der Waals surface area contributed by atoms with Crippen LogP contribution in [0.15, 0.2) is 58.2 Å². The molecule has 2 aromatic carbocycles. The summed E-state index contributed by atoms with van der Waals surface area (Å²) in [5.41, 5.74) is 2.46. The highest BCUT2D eigenvalue weighted by Gasteiger charge is 2.43. The van der Waals surface area contributed by atoms with Crippen LogP contribution in [0.4, 0.5) is 5.69 Å². The summed E-state index contributed by atoms with van der Waals surface area (Å²) in [5.74, 6) is -0.682. The minimum Gasteiger partial charge on any atom is -0.504 e. The molecule has 6 nitrogen and oxygen atoms in total. The van der Waals surface area contributed by atoms with Crippen molar-refractivity contribution in [2.24, 2.45) is 0 Å². The molecule has 0 aromatic heterocycles. The fourth-order valence-corrected chi connectivity index (χ4v) is 3.80. The number of aromatic hydroxyl groups is 1.